The van der Waals surface area contributed by atoms with Crippen molar-refractivity contribution in [2.24, 2.45) is 0 Å². The minimum absolute atomic E-state index is 0.563. The SMILES string of the molecule is Cc1nccn1-c1ncccc1NC1CCSCC1. The highest BCUT2D eigenvalue weighted by molar-refractivity contribution is 7.99. The van der Waals surface area contributed by atoms with Crippen molar-refractivity contribution in [2.75, 3.05) is 16.8 Å². The second-order valence-electron chi connectivity index (χ2n) is 4.75. The largest absolute Gasteiger partial charge is 0.379 e. The molecule has 0 bridgehead atoms. The van der Waals surface area contributed by atoms with Crippen molar-refractivity contribution >= 4 is 17.4 Å². The summed E-state index contributed by atoms with van der Waals surface area (Å²) in [5, 5.41) is 3.64. The molecule has 0 saturated carbocycles. The lowest BCUT2D eigenvalue weighted by Crippen LogP contribution is -2.25. The van der Waals surface area contributed by atoms with Crippen LogP contribution in [0.4, 0.5) is 5.69 Å². The number of rotatable bonds is 3. The standard InChI is InChI=1S/C14H18N4S/c1-11-15-7-8-18(11)14-13(3-2-6-16-14)17-12-4-9-19-10-5-12/h2-3,6-8,12,17H,4-5,9-10H2,1H3. The van der Waals surface area contributed by atoms with E-state index in [0.717, 1.165) is 17.3 Å². The highest BCUT2D eigenvalue weighted by atomic mass is 32.2. The lowest BCUT2D eigenvalue weighted by molar-refractivity contribution is 0.665. The molecule has 19 heavy (non-hydrogen) atoms. The van der Waals surface area contributed by atoms with Gasteiger partial charge in [0.15, 0.2) is 5.82 Å². The maximum absolute atomic E-state index is 4.50. The van der Waals surface area contributed by atoms with Crippen LogP contribution in [0.3, 0.4) is 0 Å². The molecule has 1 fully saturated rings. The van der Waals surface area contributed by atoms with Gasteiger partial charge in [0.2, 0.25) is 0 Å². The molecule has 1 N–H and O–H groups in total. The molecule has 4 nitrogen and oxygen atoms in total. The van der Waals surface area contributed by atoms with Gasteiger partial charge < -0.3 is 5.32 Å². The Morgan fingerprint density at radius 1 is 1.26 bits per heavy atom. The number of thioether (sulfide) groups is 1. The first-order valence-electron chi connectivity index (χ1n) is 6.64. The van der Waals surface area contributed by atoms with Crippen LogP contribution >= 0.6 is 11.8 Å². The van der Waals surface area contributed by atoms with Gasteiger partial charge in [0.25, 0.3) is 0 Å². The lowest BCUT2D eigenvalue weighted by Gasteiger charge is -2.24. The molecule has 3 heterocycles. The molecule has 0 unspecified atom stereocenters. The number of aryl methyl sites for hydroxylation is 1. The van der Waals surface area contributed by atoms with Crippen molar-refractivity contribution < 1.29 is 0 Å². The predicted octanol–water partition coefficient (Wildman–Crippen LogP) is 2.88. The van der Waals surface area contributed by atoms with E-state index in [1.807, 2.05) is 47.9 Å². The van der Waals surface area contributed by atoms with E-state index in [1.165, 1.54) is 24.3 Å². The number of imidazole rings is 1. The molecule has 2 aromatic rings. The average Bonchev–Trinajstić information content (AvgIpc) is 2.87. The van der Waals surface area contributed by atoms with E-state index in [4.69, 9.17) is 0 Å². The molecule has 1 aliphatic heterocycles. The quantitative estimate of drug-likeness (QED) is 0.934. The molecule has 0 radical (unpaired) electrons. The fourth-order valence-corrected chi connectivity index (χ4v) is 3.47. The summed E-state index contributed by atoms with van der Waals surface area (Å²) >= 11 is 2.04. The molecule has 100 valence electrons. The van der Waals surface area contributed by atoms with Gasteiger partial charge in [-0.05, 0) is 43.4 Å². The van der Waals surface area contributed by atoms with Crippen molar-refractivity contribution in [1.82, 2.24) is 14.5 Å². The first-order valence-corrected chi connectivity index (χ1v) is 7.79. The van der Waals surface area contributed by atoms with Crippen LogP contribution in [-0.4, -0.2) is 32.1 Å². The fourth-order valence-electron chi connectivity index (χ4n) is 2.37. The molecule has 0 aromatic carbocycles. The van der Waals surface area contributed by atoms with Crippen LogP contribution < -0.4 is 5.32 Å². The lowest BCUT2D eigenvalue weighted by atomic mass is 10.1. The number of anilines is 1. The van der Waals surface area contributed by atoms with Crippen LogP contribution in [0.5, 0.6) is 0 Å². The second-order valence-corrected chi connectivity index (χ2v) is 5.97. The third-order valence-corrected chi connectivity index (χ3v) is 4.47. The average molecular weight is 274 g/mol. The van der Waals surface area contributed by atoms with Crippen LogP contribution in [-0.2, 0) is 0 Å². The Bertz CT molecular complexity index is 546. The zero-order valence-electron chi connectivity index (χ0n) is 11.0. The Balaban J connectivity index is 1.87. The Morgan fingerprint density at radius 3 is 2.84 bits per heavy atom. The monoisotopic (exact) mass is 274 g/mol. The minimum Gasteiger partial charge on any atom is -0.379 e. The summed E-state index contributed by atoms with van der Waals surface area (Å²) in [5.41, 5.74) is 1.10. The number of nitrogens with one attached hydrogen (secondary N) is 1. The highest BCUT2D eigenvalue weighted by Crippen LogP contribution is 2.24. The summed E-state index contributed by atoms with van der Waals surface area (Å²) in [5.74, 6) is 4.39. The molecule has 0 aliphatic carbocycles. The molecular weight excluding hydrogens is 256 g/mol. The van der Waals surface area contributed by atoms with E-state index in [-0.39, 0.29) is 0 Å². The Hall–Kier alpha value is -1.49. The first kappa shape index (κ1) is 12.5. The Labute approximate surface area is 117 Å². The molecule has 0 spiro atoms. The summed E-state index contributed by atoms with van der Waals surface area (Å²) in [7, 11) is 0. The van der Waals surface area contributed by atoms with Crippen molar-refractivity contribution in [3.05, 3.63) is 36.5 Å². The van der Waals surface area contributed by atoms with Gasteiger partial charge in [0, 0.05) is 24.6 Å². The molecule has 2 aromatic heterocycles. The highest BCUT2D eigenvalue weighted by Gasteiger charge is 2.16. The second kappa shape index (κ2) is 5.65. The van der Waals surface area contributed by atoms with Crippen molar-refractivity contribution in [3.8, 4) is 5.82 Å². The van der Waals surface area contributed by atoms with Gasteiger partial charge >= 0.3 is 0 Å². The summed E-state index contributed by atoms with van der Waals surface area (Å²) < 4.78 is 2.03. The van der Waals surface area contributed by atoms with Crippen LogP contribution in [0.2, 0.25) is 0 Å². The zero-order chi connectivity index (χ0) is 13.1. The Kier molecular flexibility index (Phi) is 3.73. The van der Waals surface area contributed by atoms with Crippen LogP contribution in [0.1, 0.15) is 18.7 Å². The first-order chi connectivity index (χ1) is 9.34. The van der Waals surface area contributed by atoms with Gasteiger partial charge in [-0.1, -0.05) is 0 Å². The summed E-state index contributed by atoms with van der Waals surface area (Å²) in [6.07, 6.45) is 8.05. The maximum Gasteiger partial charge on any atom is 0.161 e. The smallest absolute Gasteiger partial charge is 0.161 e. The number of aromatic nitrogens is 3. The summed E-state index contributed by atoms with van der Waals surface area (Å²) in [6, 6.07) is 4.65. The van der Waals surface area contributed by atoms with Crippen LogP contribution in [0.15, 0.2) is 30.7 Å². The van der Waals surface area contributed by atoms with Gasteiger partial charge in [0.05, 0.1) is 5.69 Å². The number of hydrogen-bond acceptors (Lipinski definition) is 4. The van der Waals surface area contributed by atoms with Crippen LogP contribution in [0.25, 0.3) is 5.82 Å². The number of pyridine rings is 1. The predicted molar refractivity (Wildman–Crippen MR) is 80.1 cm³/mol. The number of hydrogen-bond donors (Lipinski definition) is 1. The molecular formula is C14H18N4S. The third kappa shape index (κ3) is 2.76. The van der Waals surface area contributed by atoms with E-state index < -0.39 is 0 Å². The van der Waals surface area contributed by atoms with Crippen molar-refractivity contribution in [2.45, 2.75) is 25.8 Å². The third-order valence-electron chi connectivity index (χ3n) is 3.42. The zero-order valence-corrected chi connectivity index (χ0v) is 11.9. The number of nitrogens with zero attached hydrogens (tertiary/aromatic N) is 3. The van der Waals surface area contributed by atoms with Gasteiger partial charge in [-0.3, -0.25) is 4.57 Å². The van der Waals surface area contributed by atoms with Crippen LogP contribution in [0, 0.1) is 6.92 Å². The summed E-state index contributed by atoms with van der Waals surface area (Å²) in [6.45, 7) is 2.00. The van der Waals surface area contributed by atoms with Crippen molar-refractivity contribution in [3.63, 3.8) is 0 Å². The molecule has 1 saturated heterocycles. The van der Waals surface area contributed by atoms with Gasteiger partial charge in [0.1, 0.15) is 5.82 Å². The fraction of sp³-hybridized carbons (Fsp3) is 0.429. The molecule has 0 amide bonds. The molecule has 1 aliphatic rings. The topological polar surface area (TPSA) is 42.7 Å². The molecule has 5 heteroatoms. The normalized spacial score (nSPS) is 16.5. The van der Waals surface area contributed by atoms with Gasteiger partial charge in [-0.2, -0.15) is 11.8 Å². The van der Waals surface area contributed by atoms with E-state index in [1.54, 1.807) is 0 Å². The van der Waals surface area contributed by atoms with Gasteiger partial charge in [-0.15, -0.1) is 0 Å². The minimum atomic E-state index is 0.563. The molecule has 0 atom stereocenters. The summed E-state index contributed by atoms with van der Waals surface area (Å²) in [4.78, 5) is 8.78. The maximum atomic E-state index is 4.50. The van der Waals surface area contributed by atoms with E-state index in [9.17, 15) is 0 Å². The van der Waals surface area contributed by atoms with Crippen molar-refractivity contribution in [1.29, 1.82) is 0 Å². The van der Waals surface area contributed by atoms with Gasteiger partial charge in [-0.25, -0.2) is 9.97 Å². The van der Waals surface area contributed by atoms with E-state index in [2.05, 4.69) is 21.4 Å². The Morgan fingerprint density at radius 2 is 2.11 bits per heavy atom. The molecule has 3 rings (SSSR count). The van der Waals surface area contributed by atoms with E-state index >= 15 is 0 Å². The van der Waals surface area contributed by atoms with E-state index in [0.29, 0.717) is 6.04 Å².